The first kappa shape index (κ1) is 45.5. The van der Waals surface area contributed by atoms with E-state index in [9.17, 15) is 0 Å². The Morgan fingerprint density at radius 1 is 0.429 bits per heavy atom. The predicted molar refractivity (Wildman–Crippen MR) is 235 cm³/mol. The number of hydrogen-bond donors (Lipinski definition) is 0. The van der Waals surface area contributed by atoms with Gasteiger partial charge in [0.1, 0.15) is 13.1 Å². The van der Waals surface area contributed by atoms with E-state index in [1.165, 1.54) is 108 Å². The van der Waals surface area contributed by atoms with Crippen LogP contribution < -0.4 is 57.8 Å². The first-order valence-corrected chi connectivity index (χ1v) is 20.4. The van der Waals surface area contributed by atoms with Crippen molar-refractivity contribution in [1.29, 1.82) is 0 Å². The number of nitrogens with zero attached hydrogens (tertiary/aromatic N) is 4. The fourth-order valence-corrected chi connectivity index (χ4v) is 8.48. The average molecular weight is 975 g/mol. The Morgan fingerprint density at radius 2 is 0.750 bits per heavy atom. The van der Waals surface area contributed by atoms with Gasteiger partial charge >= 0.3 is 0 Å². The zero-order valence-corrected chi connectivity index (χ0v) is 39.5. The smallest absolute Gasteiger partial charge is 0.209 e. The first-order valence-electron chi connectivity index (χ1n) is 20.4. The second-order valence-corrected chi connectivity index (χ2v) is 16.8. The average Bonchev–Trinajstić information content (AvgIpc) is 3.52. The van der Waals surface area contributed by atoms with Crippen molar-refractivity contribution in [1.82, 2.24) is 0 Å². The van der Waals surface area contributed by atoms with Gasteiger partial charge in [-0.1, -0.05) is 86.3 Å². The Kier molecular flexibility index (Phi) is 16.6. The molecule has 0 saturated carbocycles. The van der Waals surface area contributed by atoms with Gasteiger partial charge in [0.2, 0.25) is 11.4 Å². The predicted octanol–water partition coefficient (Wildman–Crippen LogP) is 5.83. The molecule has 0 N–H and O–H groups in total. The van der Waals surface area contributed by atoms with E-state index in [1.54, 1.807) is 0 Å². The summed E-state index contributed by atoms with van der Waals surface area (Å²) in [6.07, 6.45) is 19.6. The third-order valence-corrected chi connectivity index (χ3v) is 11.8. The zero-order chi connectivity index (χ0) is 38.3. The lowest BCUT2D eigenvalue weighted by atomic mass is 9.81. The summed E-state index contributed by atoms with van der Waals surface area (Å²) in [5, 5.41) is 0. The van der Waals surface area contributed by atoms with Crippen molar-refractivity contribution in [2.45, 2.75) is 89.9 Å². The number of allylic oxidation sites excluding steroid dienone is 2. The summed E-state index contributed by atoms with van der Waals surface area (Å²) in [7, 11) is 8.36. The summed E-state index contributed by atoms with van der Waals surface area (Å²) in [6.45, 7) is 11.7. The number of para-hydroxylation sites is 2. The summed E-state index contributed by atoms with van der Waals surface area (Å²) in [4.78, 5) is 4.30. The molecule has 4 aromatic rings. The lowest BCUT2D eigenvalue weighted by Gasteiger charge is -2.15. The van der Waals surface area contributed by atoms with E-state index in [4.69, 9.17) is 0 Å². The lowest BCUT2D eigenvalue weighted by molar-refractivity contribution is -0.438. The SMILES string of the molecule is CN(C)c1ccc(/C=C/C2=[N+](CCCCCCCCCC[N+]3=C(/C=C/c4ccc(N(C)C)cc4)C(C)(C)c4ccccc43)c3ccccc3C2(C)C)cc1.[I-].[I-]. The normalized spacial score (nSPS) is 15.2. The van der Waals surface area contributed by atoms with Gasteiger partial charge in [-0.2, -0.15) is 9.15 Å². The summed E-state index contributed by atoms with van der Waals surface area (Å²) in [5.41, 5.74) is 13.3. The molecule has 56 heavy (non-hydrogen) atoms. The van der Waals surface area contributed by atoms with Crippen molar-refractivity contribution in [3.8, 4) is 0 Å². The quantitative estimate of drug-likeness (QED) is 0.0752. The maximum absolute atomic E-state index is 2.60. The molecule has 4 aromatic carbocycles. The van der Waals surface area contributed by atoms with Crippen molar-refractivity contribution in [2.75, 3.05) is 51.1 Å². The molecule has 6 heteroatoms. The van der Waals surface area contributed by atoms with Crippen molar-refractivity contribution >= 4 is 46.3 Å². The van der Waals surface area contributed by atoms with Gasteiger partial charge in [-0.3, -0.25) is 0 Å². The van der Waals surface area contributed by atoms with Gasteiger partial charge in [0.05, 0.1) is 10.8 Å². The molecule has 6 rings (SSSR count). The van der Waals surface area contributed by atoms with Crippen LogP contribution in [0.2, 0.25) is 0 Å². The molecule has 0 atom stereocenters. The van der Waals surface area contributed by atoms with Crippen LogP contribution in [0.15, 0.2) is 109 Å². The largest absolute Gasteiger partial charge is 1.00 e. The van der Waals surface area contributed by atoms with Gasteiger partial charge in [0.25, 0.3) is 0 Å². The van der Waals surface area contributed by atoms with E-state index in [0.29, 0.717) is 0 Å². The number of rotatable bonds is 17. The third-order valence-electron chi connectivity index (χ3n) is 11.8. The molecular weight excluding hydrogens is 910 g/mol. The summed E-state index contributed by atoms with van der Waals surface area (Å²) in [5.74, 6) is 0. The van der Waals surface area contributed by atoms with Crippen LogP contribution in [0, 0.1) is 0 Å². The zero-order valence-electron chi connectivity index (χ0n) is 35.2. The summed E-state index contributed by atoms with van der Waals surface area (Å²) >= 11 is 0. The maximum atomic E-state index is 2.60. The van der Waals surface area contributed by atoms with Crippen LogP contribution >= 0.6 is 0 Å². The third kappa shape index (κ3) is 10.4. The molecule has 4 nitrogen and oxygen atoms in total. The van der Waals surface area contributed by atoms with Crippen LogP contribution in [-0.2, 0) is 10.8 Å². The Balaban J connectivity index is 0.00000348. The highest BCUT2D eigenvalue weighted by Crippen LogP contribution is 2.41. The van der Waals surface area contributed by atoms with Gasteiger partial charge in [0, 0.05) is 87.8 Å². The van der Waals surface area contributed by atoms with E-state index in [2.05, 4.69) is 196 Å². The Morgan fingerprint density at radius 3 is 1.09 bits per heavy atom. The van der Waals surface area contributed by atoms with Crippen molar-refractivity contribution < 1.29 is 57.1 Å². The Bertz CT molecular complexity index is 1870. The van der Waals surface area contributed by atoms with Crippen molar-refractivity contribution in [3.63, 3.8) is 0 Å². The maximum Gasteiger partial charge on any atom is 0.209 e. The molecule has 0 saturated heterocycles. The molecular formula is C50H64I2N4. The van der Waals surface area contributed by atoms with Crippen LogP contribution in [0.3, 0.4) is 0 Å². The Labute approximate surface area is 373 Å². The molecule has 2 aliphatic rings. The number of fused-ring (bicyclic) bond motifs is 2. The van der Waals surface area contributed by atoms with E-state index < -0.39 is 0 Å². The van der Waals surface area contributed by atoms with Crippen molar-refractivity contribution in [3.05, 3.63) is 131 Å². The molecule has 0 fully saturated rings. The Hall–Kier alpha value is -3.24. The summed E-state index contributed by atoms with van der Waals surface area (Å²) < 4.78 is 5.19. The lowest BCUT2D eigenvalue weighted by Crippen LogP contribution is -3.00. The number of halogens is 2. The number of unbranched alkanes of at least 4 members (excludes halogenated alkanes) is 7. The van der Waals surface area contributed by atoms with Crippen LogP contribution in [0.25, 0.3) is 12.2 Å². The molecule has 0 spiro atoms. The molecule has 2 aliphatic heterocycles. The number of anilines is 2. The van der Waals surface area contributed by atoms with Crippen LogP contribution in [0.1, 0.15) is 101 Å². The van der Waals surface area contributed by atoms with E-state index in [-0.39, 0.29) is 58.8 Å². The monoisotopic (exact) mass is 974 g/mol. The highest BCUT2D eigenvalue weighted by molar-refractivity contribution is 6.06. The molecule has 2 heterocycles. The molecule has 0 aliphatic carbocycles. The van der Waals surface area contributed by atoms with Crippen LogP contribution in [0.4, 0.5) is 22.7 Å². The molecule has 0 amide bonds. The minimum absolute atomic E-state index is 0. The van der Waals surface area contributed by atoms with Gasteiger partial charge in [-0.25, -0.2) is 0 Å². The van der Waals surface area contributed by atoms with Gasteiger partial charge < -0.3 is 57.8 Å². The van der Waals surface area contributed by atoms with Crippen molar-refractivity contribution in [2.24, 2.45) is 0 Å². The van der Waals surface area contributed by atoms with E-state index >= 15 is 0 Å². The number of hydrogen-bond acceptors (Lipinski definition) is 2. The molecule has 0 aromatic heterocycles. The summed E-state index contributed by atoms with van der Waals surface area (Å²) in [6, 6.07) is 35.7. The van der Waals surface area contributed by atoms with Gasteiger partial charge in [-0.05, 0) is 88.1 Å². The molecule has 298 valence electrons. The minimum atomic E-state index is -0.0172. The highest BCUT2D eigenvalue weighted by atomic mass is 127. The fourth-order valence-electron chi connectivity index (χ4n) is 8.48. The van der Waals surface area contributed by atoms with Gasteiger partial charge in [0.15, 0.2) is 11.4 Å². The van der Waals surface area contributed by atoms with E-state index in [1.807, 2.05) is 0 Å². The van der Waals surface area contributed by atoms with Crippen LogP contribution in [0.5, 0.6) is 0 Å². The minimum Gasteiger partial charge on any atom is -1.00 e. The standard InChI is InChI=1S/C50H64N4.2HI/c1-49(2)43-21-15-17-23-45(43)53(47(49)35-29-39-25-31-41(32-26-39)51(5)6)37-19-13-11-9-10-12-14-20-38-54-46-24-18-16-22-44(46)50(3,4)48(54)36-30-40-27-33-42(34-28-40)52(7)8;;/h15-18,21-36H,9-14,19-20,37-38H2,1-8H3;2*1H/q+2;;/p-2. The molecule has 0 radical (unpaired) electrons. The second kappa shape index (κ2) is 20.4. The first-order chi connectivity index (χ1) is 26.0. The van der Waals surface area contributed by atoms with Crippen LogP contribution in [-0.4, -0.2) is 61.9 Å². The van der Waals surface area contributed by atoms with E-state index in [0.717, 1.165) is 13.1 Å². The fraction of sp³-hybridized carbons (Fsp3) is 0.400. The van der Waals surface area contributed by atoms with Gasteiger partial charge in [-0.15, -0.1) is 0 Å². The second-order valence-electron chi connectivity index (χ2n) is 16.8. The molecule has 0 bridgehead atoms. The topological polar surface area (TPSA) is 12.5 Å². The number of benzene rings is 4. The highest BCUT2D eigenvalue weighted by Gasteiger charge is 2.45. The molecule has 0 unspecified atom stereocenters.